The fraction of sp³-hybridized carbons (Fsp3) is 0.458. The summed E-state index contributed by atoms with van der Waals surface area (Å²) in [7, 11) is 5.17. The van der Waals surface area contributed by atoms with Crippen LogP contribution >= 0.6 is 11.6 Å². The Kier molecular flexibility index (Phi) is 8.45. The predicted molar refractivity (Wildman–Crippen MR) is 130 cm³/mol. The zero-order valence-electron chi connectivity index (χ0n) is 20.4. The van der Waals surface area contributed by atoms with Crippen LogP contribution in [0.4, 0.5) is 29.1 Å². The monoisotopic (exact) mass is 529 g/mol. The minimum absolute atomic E-state index is 0.00989. The van der Waals surface area contributed by atoms with Crippen LogP contribution in [0.2, 0.25) is 5.02 Å². The molecule has 1 aromatic heterocycles. The van der Waals surface area contributed by atoms with Crippen molar-refractivity contribution in [3.05, 3.63) is 52.4 Å². The van der Waals surface area contributed by atoms with Crippen LogP contribution in [0.5, 0.6) is 0 Å². The lowest BCUT2D eigenvalue weighted by molar-refractivity contribution is -0.137. The minimum atomic E-state index is -4.60. The second-order valence-electron chi connectivity index (χ2n) is 9.04. The Bertz CT molecular complexity index is 1130. The first-order valence-corrected chi connectivity index (χ1v) is 11.6. The quantitative estimate of drug-likeness (QED) is 0.554. The molecule has 1 aromatic carbocycles. The number of benzene rings is 1. The third-order valence-electron chi connectivity index (χ3n) is 6.00. The van der Waals surface area contributed by atoms with Gasteiger partial charge in [-0.15, -0.1) is 0 Å². The second kappa shape index (κ2) is 11.0. The van der Waals surface area contributed by atoms with Crippen LogP contribution in [0.3, 0.4) is 0 Å². The number of aromatic nitrogens is 1. The molecule has 12 heteroatoms. The maximum atomic E-state index is 13.6. The van der Waals surface area contributed by atoms with E-state index in [2.05, 4.69) is 10.3 Å². The Morgan fingerprint density at radius 2 is 1.89 bits per heavy atom. The molecule has 0 saturated carbocycles. The van der Waals surface area contributed by atoms with Gasteiger partial charge in [-0.05, 0) is 57.8 Å². The van der Waals surface area contributed by atoms with Crippen molar-refractivity contribution in [3.8, 4) is 0 Å². The van der Waals surface area contributed by atoms with Crippen LogP contribution in [0, 0.1) is 18.7 Å². The van der Waals surface area contributed by atoms with Gasteiger partial charge in [-0.2, -0.15) is 13.2 Å². The van der Waals surface area contributed by atoms with Gasteiger partial charge in [0.15, 0.2) is 0 Å². The largest absolute Gasteiger partial charge is 0.416 e. The number of amides is 2. The van der Waals surface area contributed by atoms with E-state index in [-0.39, 0.29) is 35.4 Å². The van der Waals surface area contributed by atoms with Crippen LogP contribution in [0.15, 0.2) is 30.3 Å². The molecule has 0 aliphatic carbocycles. The fourth-order valence-electron chi connectivity index (χ4n) is 4.07. The number of hydrogen-bond donors (Lipinski definition) is 1. The molecule has 1 fully saturated rings. The van der Waals surface area contributed by atoms with Gasteiger partial charge in [0.25, 0.3) is 0 Å². The normalized spacial score (nSPS) is 18.0. The number of carbonyl (C=O) groups excluding carboxylic acids is 2. The predicted octanol–water partition coefficient (Wildman–Crippen LogP) is 3.74. The Labute approximate surface area is 212 Å². The highest BCUT2D eigenvalue weighted by molar-refractivity contribution is 6.31. The molecule has 0 unspecified atom stereocenters. The van der Waals surface area contributed by atoms with E-state index in [0.717, 1.165) is 18.2 Å². The summed E-state index contributed by atoms with van der Waals surface area (Å²) in [6.07, 6.45) is -4.53. The van der Waals surface area contributed by atoms with Crippen LogP contribution < -0.4 is 15.1 Å². The van der Waals surface area contributed by atoms with E-state index >= 15 is 0 Å². The van der Waals surface area contributed by atoms with E-state index in [9.17, 15) is 27.2 Å². The van der Waals surface area contributed by atoms with Crippen molar-refractivity contribution in [2.45, 2.75) is 25.6 Å². The van der Waals surface area contributed by atoms with Gasteiger partial charge >= 0.3 is 6.18 Å². The van der Waals surface area contributed by atoms with Crippen LogP contribution in [0.1, 0.15) is 17.7 Å². The number of pyridine rings is 1. The molecule has 36 heavy (non-hydrogen) atoms. The molecule has 2 atom stereocenters. The van der Waals surface area contributed by atoms with Crippen LogP contribution in [-0.4, -0.2) is 68.5 Å². The number of rotatable bonds is 7. The van der Waals surface area contributed by atoms with Crippen molar-refractivity contribution in [1.29, 1.82) is 0 Å². The molecule has 3 rings (SSSR count). The lowest BCUT2D eigenvalue weighted by atomic mass is 10.0. The zero-order chi connectivity index (χ0) is 26.8. The van der Waals surface area contributed by atoms with Gasteiger partial charge in [0, 0.05) is 38.1 Å². The molecule has 1 aliphatic rings. The summed E-state index contributed by atoms with van der Waals surface area (Å²) in [5.41, 5.74) is -0.462. The second-order valence-corrected chi connectivity index (χ2v) is 9.45. The van der Waals surface area contributed by atoms with Crippen molar-refractivity contribution in [3.63, 3.8) is 0 Å². The van der Waals surface area contributed by atoms with Gasteiger partial charge in [-0.25, -0.2) is 9.37 Å². The van der Waals surface area contributed by atoms with Crippen molar-refractivity contribution in [1.82, 2.24) is 15.2 Å². The molecule has 196 valence electrons. The number of likely N-dealkylation sites (N-methyl/N-ethyl adjacent to an activating group) is 2. The summed E-state index contributed by atoms with van der Waals surface area (Å²) in [5, 5.41) is 2.64. The van der Waals surface area contributed by atoms with E-state index in [1.807, 2.05) is 19.0 Å². The average Bonchev–Trinajstić information content (AvgIpc) is 3.24. The van der Waals surface area contributed by atoms with Crippen molar-refractivity contribution in [2.75, 3.05) is 50.6 Å². The first-order chi connectivity index (χ1) is 16.8. The third-order valence-corrected chi connectivity index (χ3v) is 6.29. The highest BCUT2D eigenvalue weighted by Crippen LogP contribution is 2.35. The Hall–Kier alpha value is -2.92. The number of hydrogen-bond acceptors (Lipinski definition) is 5. The van der Waals surface area contributed by atoms with Gasteiger partial charge in [-0.3, -0.25) is 9.59 Å². The SMILES string of the molecule is Cc1cc(C(F)(F)F)cc(N2C[C@@H](C(=O)NCCN(C)C)C[C@H]2C(=O)N(C)c2ccc(F)c(Cl)c2)n1. The maximum Gasteiger partial charge on any atom is 0.416 e. The molecule has 0 spiro atoms. The first kappa shape index (κ1) is 27.7. The smallest absolute Gasteiger partial charge is 0.355 e. The molecule has 7 nitrogen and oxygen atoms in total. The van der Waals surface area contributed by atoms with E-state index in [1.54, 1.807) is 0 Å². The van der Waals surface area contributed by atoms with Crippen LogP contribution in [0.25, 0.3) is 0 Å². The number of nitrogens with zero attached hydrogens (tertiary/aromatic N) is 4. The molecule has 0 radical (unpaired) electrons. The number of aryl methyl sites for hydroxylation is 1. The van der Waals surface area contributed by atoms with Gasteiger partial charge in [0.2, 0.25) is 11.8 Å². The van der Waals surface area contributed by atoms with E-state index in [1.165, 1.54) is 35.9 Å². The van der Waals surface area contributed by atoms with Gasteiger partial charge in [-0.1, -0.05) is 11.6 Å². The standard InChI is InChI=1S/C24H28ClF4N5O2/c1-14-9-16(24(27,28)29)11-21(31-14)34-13-15(22(35)30-7-8-32(2)3)10-20(34)23(36)33(4)17-5-6-19(26)18(25)12-17/h5-6,9,11-12,15,20H,7-8,10,13H2,1-4H3,(H,30,35)/t15-,20-/m0/s1. The summed E-state index contributed by atoms with van der Waals surface area (Å²) < 4.78 is 54.1. The molecule has 0 bridgehead atoms. The topological polar surface area (TPSA) is 68.8 Å². The zero-order valence-corrected chi connectivity index (χ0v) is 21.1. The fourth-order valence-corrected chi connectivity index (χ4v) is 4.24. The molecule has 2 aromatic rings. The van der Waals surface area contributed by atoms with Gasteiger partial charge in [0.1, 0.15) is 17.7 Å². The molecular weight excluding hydrogens is 502 g/mol. The van der Waals surface area contributed by atoms with Crippen molar-refractivity contribution in [2.24, 2.45) is 5.92 Å². The first-order valence-electron chi connectivity index (χ1n) is 11.3. The lowest BCUT2D eigenvalue weighted by Gasteiger charge is -2.29. The average molecular weight is 530 g/mol. The summed E-state index contributed by atoms with van der Waals surface area (Å²) in [6.45, 7) is 2.43. The van der Waals surface area contributed by atoms with E-state index in [4.69, 9.17) is 11.6 Å². The summed E-state index contributed by atoms with van der Waals surface area (Å²) in [5.74, 6) is -2.13. The van der Waals surface area contributed by atoms with Crippen LogP contribution in [-0.2, 0) is 15.8 Å². The van der Waals surface area contributed by atoms with Crippen molar-refractivity contribution < 1.29 is 27.2 Å². The van der Waals surface area contributed by atoms with E-state index < -0.39 is 35.4 Å². The number of halogens is 5. The summed E-state index contributed by atoms with van der Waals surface area (Å²) >= 11 is 5.86. The number of nitrogens with one attached hydrogen (secondary N) is 1. The van der Waals surface area contributed by atoms with Gasteiger partial charge in [0.05, 0.1) is 16.5 Å². The molecule has 2 heterocycles. The molecule has 2 amide bonds. The molecule has 1 aliphatic heterocycles. The number of anilines is 2. The third kappa shape index (κ3) is 6.44. The van der Waals surface area contributed by atoms with E-state index in [0.29, 0.717) is 18.8 Å². The Morgan fingerprint density at radius 3 is 2.50 bits per heavy atom. The Balaban J connectivity index is 1.94. The molecule has 1 N–H and O–H groups in total. The highest BCUT2D eigenvalue weighted by atomic mass is 35.5. The maximum absolute atomic E-state index is 13.6. The summed E-state index contributed by atoms with van der Waals surface area (Å²) in [6, 6.07) is 4.61. The minimum Gasteiger partial charge on any atom is -0.355 e. The molecule has 1 saturated heterocycles. The van der Waals surface area contributed by atoms with Crippen molar-refractivity contribution >= 4 is 34.9 Å². The van der Waals surface area contributed by atoms with Gasteiger partial charge < -0.3 is 20.0 Å². The highest BCUT2D eigenvalue weighted by Gasteiger charge is 2.43. The Morgan fingerprint density at radius 1 is 1.19 bits per heavy atom. The number of carbonyl (C=O) groups is 2. The molecular formula is C24H28ClF4N5O2. The lowest BCUT2D eigenvalue weighted by Crippen LogP contribution is -2.44. The summed E-state index contributed by atoms with van der Waals surface area (Å²) in [4.78, 5) is 35.2. The number of alkyl halides is 3.